The summed E-state index contributed by atoms with van der Waals surface area (Å²) in [6.07, 6.45) is 5.05. The van der Waals surface area contributed by atoms with Gasteiger partial charge in [0.15, 0.2) is 0 Å². The van der Waals surface area contributed by atoms with Crippen LogP contribution in [-0.2, 0) is 25.6 Å². The van der Waals surface area contributed by atoms with E-state index in [4.69, 9.17) is 15.2 Å². The van der Waals surface area contributed by atoms with E-state index in [-0.39, 0.29) is 6.61 Å². The number of ether oxygens (including phenoxy) is 2. The number of hydrogen-bond acceptors (Lipinski definition) is 6. The van der Waals surface area contributed by atoms with E-state index in [0.717, 1.165) is 19.4 Å². The number of primary amides is 1. The van der Waals surface area contributed by atoms with Crippen molar-refractivity contribution >= 4 is 11.9 Å². The zero-order chi connectivity index (χ0) is 23.8. The zero-order valence-corrected chi connectivity index (χ0v) is 20.1. The number of nitrogens with two attached hydrogens (primary N) is 1. The number of likely N-dealkylation sites (N-methyl/N-ethyl adjacent to an activating group) is 1. The maximum Gasteiger partial charge on any atom is 0.338 e. The Balaban J connectivity index is 1.63. The van der Waals surface area contributed by atoms with Gasteiger partial charge in [-0.3, -0.25) is 9.69 Å². The number of dihydropyridines is 1. The molecule has 3 rings (SSSR count). The number of nitrogens with one attached hydrogen (secondary N) is 1. The normalized spacial score (nSPS) is 19.6. The fourth-order valence-electron chi connectivity index (χ4n) is 4.63. The molecule has 0 aromatic heterocycles. The van der Waals surface area contributed by atoms with Gasteiger partial charge in [-0.15, -0.1) is 0 Å². The average Bonchev–Trinajstić information content (AvgIpc) is 2.78. The van der Waals surface area contributed by atoms with Crippen LogP contribution >= 0.6 is 0 Å². The van der Waals surface area contributed by atoms with Gasteiger partial charge in [0, 0.05) is 24.5 Å². The van der Waals surface area contributed by atoms with Crippen molar-refractivity contribution in [2.24, 2.45) is 11.7 Å². The van der Waals surface area contributed by atoms with Crippen LogP contribution in [0.1, 0.15) is 51.5 Å². The van der Waals surface area contributed by atoms with E-state index in [1.54, 1.807) is 13.8 Å². The van der Waals surface area contributed by atoms with Crippen LogP contribution in [0.3, 0.4) is 0 Å². The van der Waals surface area contributed by atoms with Gasteiger partial charge in [0.2, 0.25) is 5.91 Å². The van der Waals surface area contributed by atoms with Crippen molar-refractivity contribution in [1.29, 1.82) is 0 Å². The summed E-state index contributed by atoms with van der Waals surface area (Å²) in [4.78, 5) is 27.4. The lowest BCUT2D eigenvalue weighted by molar-refractivity contribution is -0.141. The number of carbonyl (C=O) groups is 2. The zero-order valence-electron chi connectivity index (χ0n) is 20.1. The minimum atomic E-state index is -0.805. The van der Waals surface area contributed by atoms with E-state index in [1.165, 1.54) is 24.8 Å². The van der Waals surface area contributed by atoms with Crippen molar-refractivity contribution in [2.75, 3.05) is 26.8 Å². The molecular weight excluding hydrogens is 418 g/mol. The molecule has 1 saturated carbocycles. The molecule has 1 aliphatic heterocycles. The van der Waals surface area contributed by atoms with Gasteiger partial charge < -0.3 is 20.5 Å². The Morgan fingerprint density at radius 2 is 1.73 bits per heavy atom. The molecule has 0 spiro atoms. The van der Waals surface area contributed by atoms with Crippen LogP contribution in [0.25, 0.3) is 0 Å². The topological polar surface area (TPSA) is 93.9 Å². The molecule has 1 aromatic rings. The SMILES string of the molecule is CC1=C(C(N)=O)C(OCC2CCCCC2)C(C(=O)OCCN(C)Cc2ccccc2)=C(C)N1. The number of amides is 1. The highest BCUT2D eigenvalue weighted by Gasteiger charge is 2.36. The summed E-state index contributed by atoms with van der Waals surface area (Å²) in [5.41, 5.74) is 8.75. The first-order valence-corrected chi connectivity index (χ1v) is 11.9. The molecule has 1 amide bonds. The Kier molecular flexibility index (Phi) is 9.09. The van der Waals surface area contributed by atoms with Gasteiger partial charge in [-0.05, 0) is 45.2 Å². The highest BCUT2D eigenvalue weighted by atomic mass is 16.5. The number of nitrogens with zero attached hydrogens (tertiary/aromatic N) is 1. The van der Waals surface area contributed by atoms with Gasteiger partial charge in [-0.2, -0.15) is 0 Å². The summed E-state index contributed by atoms with van der Waals surface area (Å²) in [5.74, 6) is -0.630. The van der Waals surface area contributed by atoms with Crippen molar-refractivity contribution < 1.29 is 19.1 Å². The molecule has 7 heteroatoms. The van der Waals surface area contributed by atoms with Gasteiger partial charge in [-0.25, -0.2) is 4.79 Å². The van der Waals surface area contributed by atoms with Crippen molar-refractivity contribution in [3.05, 3.63) is 58.4 Å². The molecule has 33 heavy (non-hydrogen) atoms. The molecular formula is C26H37N3O4. The third-order valence-corrected chi connectivity index (χ3v) is 6.42. The smallest absolute Gasteiger partial charge is 0.338 e. The predicted molar refractivity (Wildman–Crippen MR) is 128 cm³/mol. The highest BCUT2D eigenvalue weighted by Crippen LogP contribution is 2.30. The number of benzene rings is 1. The third kappa shape index (κ3) is 6.92. The second-order valence-corrected chi connectivity index (χ2v) is 9.14. The Morgan fingerprint density at radius 3 is 2.39 bits per heavy atom. The first kappa shape index (κ1) is 25.0. The van der Waals surface area contributed by atoms with Crippen LogP contribution in [0, 0.1) is 5.92 Å². The van der Waals surface area contributed by atoms with Crippen LogP contribution in [0.15, 0.2) is 52.9 Å². The standard InChI is InChI=1S/C26H37N3O4/c1-18-22(25(27)30)24(33-17-21-12-8-5-9-13-21)23(19(2)28-18)26(31)32-15-14-29(3)16-20-10-6-4-7-11-20/h4,6-7,10-11,21,24,28H,5,8-9,12-17H2,1-3H3,(H2,27,30). The van der Waals surface area contributed by atoms with E-state index in [1.807, 2.05) is 25.2 Å². The van der Waals surface area contributed by atoms with E-state index in [0.29, 0.717) is 41.6 Å². The number of esters is 1. The van der Waals surface area contributed by atoms with E-state index >= 15 is 0 Å². The van der Waals surface area contributed by atoms with Crippen LogP contribution in [-0.4, -0.2) is 49.7 Å². The van der Waals surface area contributed by atoms with Crippen LogP contribution in [0.4, 0.5) is 0 Å². The number of rotatable bonds is 10. The molecule has 0 saturated heterocycles. The third-order valence-electron chi connectivity index (χ3n) is 6.42. The lowest BCUT2D eigenvalue weighted by Crippen LogP contribution is -2.41. The molecule has 7 nitrogen and oxygen atoms in total. The second kappa shape index (κ2) is 12.0. The van der Waals surface area contributed by atoms with E-state index < -0.39 is 18.0 Å². The summed E-state index contributed by atoms with van der Waals surface area (Å²) in [7, 11) is 1.99. The Labute approximate surface area is 197 Å². The van der Waals surface area contributed by atoms with Gasteiger partial charge in [0.1, 0.15) is 12.7 Å². The summed E-state index contributed by atoms with van der Waals surface area (Å²) < 4.78 is 11.8. The molecule has 180 valence electrons. The molecule has 1 aliphatic carbocycles. The Morgan fingerprint density at radius 1 is 1.06 bits per heavy atom. The highest BCUT2D eigenvalue weighted by molar-refractivity contribution is 6.00. The van der Waals surface area contributed by atoms with Crippen molar-refractivity contribution in [3.8, 4) is 0 Å². The van der Waals surface area contributed by atoms with Gasteiger partial charge in [-0.1, -0.05) is 49.6 Å². The summed E-state index contributed by atoms with van der Waals surface area (Å²) in [5, 5.41) is 3.11. The summed E-state index contributed by atoms with van der Waals surface area (Å²) in [6, 6.07) is 10.1. The monoisotopic (exact) mass is 455 g/mol. The minimum Gasteiger partial charge on any atom is -0.461 e. The summed E-state index contributed by atoms with van der Waals surface area (Å²) >= 11 is 0. The Bertz CT molecular complexity index is 888. The molecule has 1 unspecified atom stereocenters. The molecule has 0 bridgehead atoms. The van der Waals surface area contributed by atoms with Gasteiger partial charge in [0.05, 0.1) is 17.8 Å². The molecule has 1 heterocycles. The van der Waals surface area contributed by atoms with E-state index in [9.17, 15) is 9.59 Å². The number of carbonyl (C=O) groups excluding carboxylic acids is 2. The quantitative estimate of drug-likeness (QED) is 0.526. The number of allylic oxidation sites excluding steroid dienone is 2. The summed E-state index contributed by atoms with van der Waals surface area (Å²) in [6.45, 7) is 5.67. The molecule has 1 aromatic carbocycles. The largest absolute Gasteiger partial charge is 0.461 e. The minimum absolute atomic E-state index is 0.239. The lowest BCUT2D eigenvalue weighted by atomic mass is 9.89. The first-order valence-electron chi connectivity index (χ1n) is 11.9. The second-order valence-electron chi connectivity index (χ2n) is 9.14. The average molecular weight is 456 g/mol. The van der Waals surface area contributed by atoms with Crippen LogP contribution in [0.2, 0.25) is 0 Å². The molecule has 1 fully saturated rings. The predicted octanol–water partition coefficient (Wildman–Crippen LogP) is 3.26. The van der Waals surface area contributed by atoms with Crippen LogP contribution < -0.4 is 11.1 Å². The van der Waals surface area contributed by atoms with Crippen molar-refractivity contribution in [1.82, 2.24) is 10.2 Å². The Hall–Kier alpha value is -2.64. The van der Waals surface area contributed by atoms with Crippen molar-refractivity contribution in [3.63, 3.8) is 0 Å². The maximum atomic E-state index is 13.1. The van der Waals surface area contributed by atoms with Crippen molar-refractivity contribution in [2.45, 2.75) is 58.6 Å². The molecule has 0 radical (unpaired) electrons. The molecule has 1 atom stereocenters. The lowest BCUT2D eigenvalue weighted by Gasteiger charge is -2.31. The van der Waals surface area contributed by atoms with E-state index in [2.05, 4.69) is 22.3 Å². The van der Waals surface area contributed by atoms with Gasteiger partial charge >= 0.3 is 5.97 Å². The van der Waals surface area contributed by atoms with Gasteiger partial charge in [0.25, 0.3) is 0 Å². The maximum absolute atomic E-state index is 13.1. The molecule has 3 N–H and O–H groups in total. The fraction of sp³-hybridized carbons (Fsp3) is 0.538. The number of hydrogen-bond donors (Lipinski definition) is 2. The fourth-order valence-corrected chi connectivity index (χ4v) is 4.63. The first-order chi connectivity index (χ1) is 15.9. The molecule has 2 aliphatic rings. The van der Waals surface area contributed by atoms with Crippen LogP contribution in [0.5, 0.6) is 0 Å².